The molecule has 3 aromatic rings. The molecule has 0 bridgehead atoms. The van der Waals surface area contributed by atoms with Crippen molar-refractivity contribution >= 4 is 67.6 Å². The summed E-state index contributed by atoms with van der Waals surface area (Å²) in [5.74, 6) is 0.861. The normalized spacial score (nSPS) is 14.5. The number of methoxy groups -OCH3 is 1. The van der Waals surface area contributed by atoms with Crippen LogP contribution in [0.4, 0.5) is 11.4 Å². The van der Waals surface area contributed by atoms with E-state index in [0.29, 0.717) is 32.0 Å². The summed E-state index contributed by atoms with van der Waals surface area (Å²) in [7, 11) is 1.54. The number of carbonyl (C=O) groups excluding carboxylic acids is 1. The van der Waals surface area contributed by atoms with Crippen LogP contribution in [0.25, 0.3) is 6.08 Å². The first-order valence-corrected chi connectivity index (χ1v) is 12.0. The standard InChI is InChI=1S/C24H17BrN2O5S2/c1-31-21-5-3-2-4-19(21)26-23(28)22(34-24(26)33)13-16-12-17(25)8-11-20(16)32-14-15-6-9-18(10-7-15)27(29)30/h2-13H,14H2,1H3/b22-13-. The van der Waals surface area contributed by atoms with Gasteiger partial charge in [-0.2, -0.15) is 0 Å². The summed E-state index contributed by atoms with van der Waals surface area (Å²) in [6, 6.07) is 18.8. The Kier molecular flexibility index (Phi) is 7.30. The lowest BCUT2D eigenvalue weighted by atomic mass is 10.1. The zero-order chi connectivity index (χ0) is 24.2. The van der Waals surface area contributed by atoms with Crippen LogP contribution in [0.2, 0.25) is 0 Å². The smallest absolute Gasteiger partial charge is 0.270 e. The second-order valence-corrected chi connectivity index (χ2v) is 9.67. The largest absolute Gasteiger partial charge is 0.495 e. The molecule has 0 unspecified atom stereocenters. The molecule has 0 aromatic heterocycles. The van der Waals surface area contributed by atoms with Crippen molar-refractivity contribution in [1.82, 2.24) is 0 Å². The van der Waals surface area contributed by atoms with Crippen LogP contribution in [0.3, 0.4) is 0 Å². The van der Waals surface area contributed by atoms with E-state index in [2.05, 4.69) is 15.9 Å². The fourth-order valence-electron chi connectivity index (χ4n) is 3.27. The second kappa shape index (κ2) is 10.4. The van der Waals surface area contributed by atoms with E-state index in [0.717, 1.165) is 10.0 Å². The van der Waals surface area contributed by atoms with Gasteiger partial charge in [-0.15, -0.1) is 0 Å². The average Bonchev–Trinajstić information content (AvgIpc) is 3.11. The van der Waals surface area contributed by atoms with Gasteiger partial charge in [0, 0.05) is 22.2 Å². The average molecular weight is 557 g/mol. The quantitative estimate of drug-likeness (QED) is 0.145. The molecule has 0 N–H and O–H groups in total. The van der Waals surface area contributed by atoms with E-state index >= 15 is 0 Å². The molecule has 1 fully saturated rings. The van der Waals surface area contributed by atoms with Gasteiger partial charge < -0.3 is 9.47 Å². The Labute approximate surface area is 213 Å². The molecule has 10 heteroatoms. The topological polar surface area (TPSA) is 81.9 Å². The highest BCUT2D eigenvalue weighted by molar-refractivity contribution is 9.10. The maximum Gasteiger partial charge on any atom is 0.270 e. The molecule has 0 atom stereocenters. The molecular weight excluding hydrogens is 540 g/mol. The highest BCUT2D eigenvalue weighted by atomic mass is 79.9. The molecule has 0 aliphatic carbocycles. The molecule has 1 amide bonds. The van der Waals surface area contributed by atoms with Gasteiger partial charge in [0.05, 0.1) is 22.6 Å². The number of non-ortho nitro benzene ring substituents is 1. The number of nitro groups is 1. The molecule has 4 rings (SSSR count). The zero-order valence-electron chi connectivity index (χ0n) is 17.8. The molecule has 172 valence electrons. The highest BCUT2D eigenvalue weighted by Crippen LogP contribution is 2.40. The predicted molar refractivity (Wildman–Crippen MR) is 140 cm³/mol. The highest BCUT2D eigenvalue weighted by Gasteiger charge is 2.35. The summed E-state index contributed by atoms with van der Waals surface area (Å²) < 4.78 is 12.6. The van der Waals surface area contributed by atoms with Crippen molar-refractivity contribution in [1.29, 1.82) is 0 Å². The van der Waals surface area contributed by atoms with Gasteiger partial charge in [-0.25, -0.2) is 0 Å². The van der Waals surface area contributed by atoms with E-state index in [9.17, 15) is 14.9 Å². The Hall–Kier alpha value is -3.21. The number of rotatable bonds is 7. The first-order chi connectivity index (χ1) is 16.4. The Morgan fingerprint density at radius 3 is 2.56 bits per heavy atom. The lowest BCUT2D eigenvalue weighted by Crippen LogP contribution is -2.27. The summed E-state index contributed by atoms with van der Waals surface area (Å²) in [6.07, 6.45) is 1.74. The molecule has 0 radical (unpaired) electrons. The number of thiocarbonyl (C=S) groups is 1. The van der Waals surface area contributed by atoms with Gasteiger partial charge in [0.2, 0.25) is 0 Å². The van der Waals surface area contributed by atoms with Crippen molar-refractivity contribution in [2.45, 2.75) is 6.61 Å². The molecular formula is C24H17BrN2O5S2. The fourth-order valence-corrected chi connectivity index (χ4v) is 4.92. The SMILES string of the molecule is COc1ccccc1N1C(=O)/C(=C/c2cc(Br)ccc2OCc2ccc([N+](=O)[O-])cc2)SC1=S. The van der Waals surface area contributed by atoms with Gasteiger partial charge in [-0.1, -0.05) is 52.0 Å². The van der Waals surface area contributed by atoms with Crippen LogP contribution >= 0.6 is 39.9 Å². The minimum atomic E-state index is -0.446. The summed E-state index contributed by atoms with van der Waals surface area (Å²) >= 11 is 10.2. The second-order valence-electron chi connectivity index (χ2n) is 7.08. The number of anilines is 1. The van der Waals surface area contributed by atoms with Crippen LogP contribution in [0.5, 0.6) is 11.5 Å². The zero-order valence-corrected chi connectivity index (χ0v) is 21.0. The van der Waals surface area contributed by atoms with Gasteiger partial charge in [-0.05, 0) is 54.1 Å². The molecule has 1 aliphatic heterocycles. The number of benzene rings is 3. The molecule has 1 heterocycles. The molecule has 34 heavy (non-hydrogen) atoms. The number of amides is 1. The van der Waals surface area contributed by atoms with Crippen LogP contribution in [-0.2, 0) is 11.4 Å². The maximum atomic E-state index is 13.2. The van der Waals surface area contributed by atoms with Gasteiger partial charge in [0.15, 0.2) is 4.32 Å². The molecule has 1 aliphatic rings. The first kappa shape index (κ1) is 23.9. The van der Waals surface area contributed by atoms with E-state index in [-0.39, 0.29) is 18.2 Å². The Morgan fingerprint density at radius 2 is 1.85 bits per heavy atom. The molecule has 7 nitrogen and oxygen atoms in total. The third-order valence-corrected chi connectivity index (χ3v) is 6.72. The summed E-state index contributed by atoms with van der Waals surface area (Å²) in [5.41, 5.74) is 2.07. The number of nitro benzene ring substituents is 1. The van der Waals surface area contributed by atoms with Crippen LogP contribution < -0.4 is 14.4 Å². The van der Waals surface area contributed by atoms with Gasteiger partial charge in [0.1, 0.15) is 18.1 Å². The van der Waals surface area contributed by atoms with Gasteiger partial charge in [0.25, 0.3) is 11.6 Å². The van der Waals surface area contributed by atoms with Gasteiger partial charge >= 0.3 is 0 Å². The predicted octanol–water partition coefficient (Wildman–Crippen LogP) is 6.35. The Balaban J connectivity index is 1.59. The number of nitrogens with zero attached hydrogens (tertiary/aromatic N) is 2. The Morgan fingerprint density at radius 1 is 1.12 bits per heavy atom. The number of hydrogen-bond donors (Lipinski definition) is 0. The number of halogens is 1. The maximum absolute atomic E-state index is 13.2. The lowest BCUT2D eigenvalue weighted by molar-refractivity contribution is -0.384. The van der Waals surface area contributed by atoms with Crippen molar-refractivity contribution in [2.24, 2.45) is 0 Å². The van der Waals surface area contributed by atoms with Crippen LogP contribution in [0.1, 0.15) is 11.1 Å². The number of ether oxygens (including phenoxy) is 2. The van der Waals surface area contributed by atoms with Crippen LogP contribution in [-0.4, -0.2) is 22.3 Å². The number of para-hydroxylation sites is 2. The van der Waals surface area contributed by atoms with Crippen molar-refractivity contribution < 1.29 is 19.2 Å². The number of hydrogen-bond acceptors (Lipinski definition) is 7. The number of carbonyl (C=O) groups is 1. The van der Waals surface area contributed by atoms with Crippen molar-refractivity contribution in [3.05, 3.63) is 97.3 Å². The number of thioether (sulfide) groups is 1. The van der Waals surface area contributed by atoms with E-state index in [1.807, 2.05) is 24.3 Å². The van der Waals surface area contributed by atoms with Crippen molar-refractivity contribution in [3.63, 3.8) is 0 Å². The third-order valence-electron chi connectivity index (χ3n) is 4.92. The van der Waals surface area contributed by atoms with Crippen molar-refractivity contribution in [2.75, 3.05) is 12.0 Å². The first-order valence-electron chi connectivity index (χ1n) is 9.94. The summed E-state index contributed by atoms with van der Waals surface area (Å²) in [6.45, 7) is 0.211. The minimum absolute atomic E-state index is 0.0187. The monoisotopic (exact) mass is 556 g/mol. The molecule has 3 aromatic carbocycles. The molecule has 0 saturated carbocycles. The van der Waals surface area contributed by atoms with E-state index < -0.39 is 4.92 Å². The van der Waals surface area contributed by atoms with E-state index in [4.69, 9.17) is 21.7 Å². The van der Waals surface area contributed by atoms with E-state index in [1.54, 1.807) is 43.5 Å². The lowest BCUT2D eigenvalue weighted by Gasteiger charge is -2.17. The summed E-state index contributed by atoms with van der Waals surface area (Å²) in [4.78, 5) is 25.5. The summed E-state index contributed by atoms with van der Waals surface area (Å²) in [5, 5.41) is 10.8. The van der Waals surface area contributed by atoms with Crippen LogP contribution in [0, 0.1) is 10.1 Å². The fraction of sp³-hybridized carbons (Fsp3) is 0.0833. The van der Waals surface area contributed by atoms with Crippen LogP contribution in [0.15, 0.2) is 76.1 Å². The van der Waals surface area contributed by atoms with E-state index in [1.165, 1.54) is 28.8 Å². The molecule has 1 saturated heterocycles. The van der Waals surface area contributed by atoms with Gasteiger partial charge in [-0.3, -0.25) is 19.8 Å². The third kappa shape index (κ3) is 5.14. The molecule has 0 spiro atoms. The minimum Gasteiger partial charge on any atom is -0.495 e. The van der Waals surface area contributed by atoms with Crippen molar-refractivity contribution in [3.8, 4) is 11.5 Å². The Bertz CT molecular complexity index is 1310.